The third kappa shape index (κ3) is 3.39. The van der Waals surface area contributed by atoms with Crippen molar-refractivity contribution in [3.05, 3.63) is 29.7 Å². The molecule has 0 aliphatic rings. The maximum atomic E-state index is 5.77. The molecular formula is C16H23N5OS. The summed E-state index contributed by atoms with van der Waals surface area (Å²) in [6.45, 7) is 13.3. The van der Waals surface area contributed by atoms with E-state index in [0.29, 0.717) is 12.4 Å². The summed E-state index contributed by atoms with van der Waals surface area (Å²) in [7, 11) is 0. The Bertz CT molecular complexity index is 784. The lowest BCUT2D eigenvalue weighted by Gasteiger charge is -2.13. The highest BCUT2D eigenvalue weighted by molar-refractivity contribution is 7.20. The van der Waals surface area contributed by atoms with E-state index in [1.54, 1.807) is 6.20 Å². The Labute approximate surface area is 140 Å². The summed E-state index contributed by atoms with van der Waals surface area (Å²) >= 11 is 1.53. The Balaban J connectivity index is 1.70. The summed E-state index contributed by atoms with van der Waals surface area (Å²) in [5, 5.41) is 8.57. The standard InChI is InChI=1S/C16H23N5OS/c1-15(2,3)10-9-21-14(19-10)23-13(20-21)18-8-12-17-7-11(22-12)16(4,5)6/h7,9H,8H2,1-6H3,(H,18,20). The predicted octanol–water partition coefficient (Wildman–Crippen LogP) is 3.99. The van der Waals surface area contributed by atoms with Crippen molar-refractivity contribution in [1.82, 2.24) is 19.6 Å². The Kier molecular flexibility index (Phi) is 3.71. The van der Waals surface area contributed by atoms with E-state index in [2.05, 4.69) is 61.9 Å². The van der Waals surface area contributed by atoms with Gasteiger partial charge in [-0.2, -0.15) is 0 Å². The van der Waals surface area contributed by atoms with Crippen LogP contribution < -0.4 is 5.32 Å². The number of fused-ring (bicyclic) bond motifs is 1. The van der Waals surface area contributed by atoms with Gasteiger partial charge in [0.1, 0.15) is 5.76 Å². The molecule has 124 valence electrons. The van der Waals surface area contributed by atoms with Crippen LogP contribution in [0.4, 0.5) is 5.13 Å². The normalized spacial score (nSPS) is 13.0. The molecule has 0 aliphatic heterocycles. The Morgan fingerprint density at radius 1 is 1.17 bits per heavy atom. The highest BCUT2D eigenvalue weighted by Gasteiger charge is 2.20. The number of hydrogen-bond acceptors (Lipinski definition) is 6. The molecule has 3 rings (SSSR count). The molecule has 0 unspecified atom stereocenters. The quantitative estimate of drug-likeness (QED) is 0.785. The van der Waals surface area contributed by atoms with E-state index in [4.69, 9.17) is 4.42 Å². The van der Waals surface area contributed by atoms with Gasteiger partial charge in [0.15, 0.2) is 0 Å². The molecule has 0 bridgehead atoms. The summed E-state index contributed by atoms with van der Waals surface area (Å²) in [4.78, 5) is 9.84. The van der Waals surface area contributed by atoms with E-state index in [1.165, 1.54) is 11.3 Å². The first-order chi connectivity index (χ1) is 10.6. The molecule has 0 fully saturated rings. The van der Waals surface area contributed by atoms with Gasteiger partial charge in [0.25, 0.3) is 0 Å². The van der Waals surface area contributed by atoms with Gasteiger partial charge in [-0.1, -0.05) is 52.9 Å². The predicted molar refractivity (Wildman–Crippen MR) is 92.1 cm³/mol. The average Bonchev–Trinajstić information content (AvgIpc) is 3.08. The summed E-state index contributed by atoms with van der Waals surface area (Å²) in [5.74, 6) is 1.55. The molecule has 0 aromatic carbocycles. The molecule has 0 aliphatic carbocycles. The number of anilines is 1. The maximum Gasteiger partial charge on any atom is 0.214 e. The van der Waals surface area contributed by atoms with Gasteiger partial charge in [0, 0.05) is 10.8 Å². The molecule has 3 heterocycles. The minimum absolute atomic E-state index is 0.0302. The van der Waals surface area contributed by atoms with Gasteiger partial charge in [-0.3, -0.25) is 0 Å². The molecule has 6 nitrogen and oxygen atoms in total. The molecule has 0 saturated heterocycles. The molecule has 7 heteroatoms. The van der Waals surface area contributed by atoms with E-state index in [-0.39, 0.29) is 10.8 Å². The van der Waals surface area contributed by atoms with Crippen molar-refractivity contribution < 1.29 is 4.42 Å². The highest BCUT2D eigenvalue weighted by Crippen LogP contribution is 2.26. The van der Waals surface area contributed by atoms with Crippen LogP contribution in [0.2, 0.25) is 0 Å². The lowest BCUT2D eigenvalue weighted by molar-refractivity contribution is 0.385. The van der Waals surface area contributed by atoms with E-state index >= 15 is 0 Å². The van der Waals surface area contributed by atoms with Crippen molar-refractivity contribution in [2.45, 2.75) is 58.9 Å². The first-order valence-corrected chi connectivity index (χ1v) is 8.50. The zero-order chi connectivity index (χ0) is 16.8. The molecule has 0 saturated carbocycles. The van der Waals surface area contributed by atoms with Crippen LogP contribution >= 0.6 is 11.3 Å². The second kappa shape index (κ2) is 5.33. The maximum absolute atomic E-state index is 5.77. The third-order valence-corrected chi connectivity index (χ3v) is 4.38. The van der Waals surface area contributed by atoms with Crippen LogP contribution in [0.1, 0.15) is 58.9 Å². The number of rotatable bonds is 3. The number of aromatic nitrogens is 4. The fraction of sp³-hybridized carbons (Fsp3) is 0.562. The molecule has 0 spiro atoms. The summed E-state index contributed by atoms with van der Waals surface area (Å²) < 4.78 is 7.59. The van der Waals surface area contributed by atoms with Crippen LogP contribution in [0, 0.1) is 0 Å². The van der Waals surface area contributed by atoms with E-state index in [9.17, 15) is 0 Å². The summed E-state index contributed by atoms with van der Waals surface area (Å²) in [6, 6.07) is 0. The zero-order valence-electron chi connectivity index (χ0n) is 14.5. The molecule has 23 heavy (non-hydrogen) atoms. The second-order valence-electron chi connectivity index (χ2n) is 7.73. The number of oxazole rings is 1. The molecule has 0 radical (unpaired) electrons. The first kappa shape index (κ1) is 16.0. The summed E-state index contributed by atoms with van der Waals surface area (Å²) in [5.41, 5.74) is 1.05. The van der Waals surface area contributed by atoms with Gasteiger partial charge in [-0.25, -0.2) is 14.5 Å². The van der Waals surface area contributed by atoms with Crippen molar-refractivity contribution in [1.29, 1.82) is 0 Å². The van der Waals surface area contributed by atoms with E-state index in [1.807, 2.05) is 10.7 Å². The van der Waals surface area contributed by atoms with Crippen molar-refractivity contribution in [2.24, 2.45) is 0 Å². The van der Waals surface area contributed by atoms with E-state index in [0.717, 1.165) is 21.5 Å². The number of hydrogen-bond donors (Lipinski definition) is 1. The molecule has 3 aromatic rings. The van der Waals surface area contributed by atoms with Crippen LogP contribution in [0.15, 0.2) is 16.8 Å². The molecule has 1 N–H and O–H groups in total. The van der Waals surface area contributed by atoms with Crippen LogP contribution in [0.5, 0.6) is 0 Å². The third-order valence-electron chi connectivity index (χ3n) is 3.50. The largest absolute Gasteiger partial charge is 0.443 e. The highest BCUT2D eigenvalue weighted by atomic mass is 32.1. The van der Waals surface area contributed by atoms with Gasteiger partial charge < -0.3 is 9.73 Å². The molecular weight excluding hydrogens is 310 g/mol. The lowest BCUT2D eigenvalue weighted by Crippen LogP contribution is -2.11. The van der Waals surface area contributed by atoms with Crippen LogP contribution in [0.3, 0.4) is 0 Å². The van der Waals surface area contributed by atoms with Gasteiger partial charge in [0.05, 0.1) is 24.6 Å². The zero-order valence-corrected chi connectivity index (χ0v) is 15.3. The van der Waals surface area contributed by atoms with Gasteiger partial charge in [-0.15, -0.1) is 5.10 Å². The van der Waals surface area contributed by atoms with Crippen molar-refractivity contribution in [3.63, 3.8) is 0 Å². The fourth-order valence-corrected chi connectivity index (χ4v) is 2.80. The minimum Gasteiger partial charge on any atom is -0.443 e. The SMILES string of the molecule is CC(C)(C)c1cn2nc(NCc3ncc(C(C)(C)C)o3)sc2n1. The smallest absolute Gasteiger partial charge is 0.214 e. The van der Waals surface area contributed by atoms with Crippen LogP contribution in [-0.2, 0) is 17.4 Å². The number of imidazole rings is 1. The average molecular weight is 333 g/mol. The Morgan fingerprint density at radius 2 is 1.91 bits per heavy atom. The van der Waals surface area contributed by atoms with Crippen LogP contribution in [-0.4, -0.2) is 19.6 Å². The second-order valence-corrected chi connectivity index (χ2v) is 8.69. The van der Waals surface area contributed by atoms with Crippen molar-refractivity contribution in [2.75, 3.05) is 5.32 Å². The Morgan fingerprint density at radius 3 is 2.48 bits per heavy atom. The monoisotopic (exact) mass is 333 g/mol. The Hall–Kier alpha value is -1.89. The van der Waals surface area contributed by atoms with Gasteiger partial charge >= 0.3 is 0 Å². The molecule has 3 aromatic heterocycles. The van der Waals surface area contributed by atoms with Crippen molar-refractivity contribution in [3.8, 4) is 0 Å². The first-order valence-electron chi connectivity index (χ1n) is 7.69. The topological polar surface area (TPSA) is 68.2 Å². The van der Waals surface area contributed by atoms with E-state index < -0.39 is 0 Å². The minimum atomic E-state index is -0.0313. The fourth-order valence-electron chi connectivity index (χ4n) is 2.02. The van der Waals surface area contributed by atoms with Gasteiger partial charge in [-0.05, 0) is 0 Å². The number of nitrogens with one attached hydrogen (secondary N) is 1. The summed E-state index contributed by atoms with van der Waals surface area (Å²) in [6.07, 6.45) is 3.78. The molecule has 0 atom stereocenters. The van der Waals surface area contributed by atoms with Gasteiger partial charge in [0.2, 0.25) is 16.0 Å². The number of nitrogens with zero attached hydrogens (tertiary/aromatic N) is 4. The molecule has 0 amide bonds. The van der Waals surface area contributed by atoms with Crippen molar-refractivity contribution >= 4 is 21.4 Å². The van der Waals surface area contributed by atoms with Crippen LogP contribution in [0.25, 0.3) is 4.96 Å². The lowest BCUT2D eigenvalue weighted by atomic mass is 9.93.